The monoisotopic (exact) mass is 238 g/mol. The Bertz CT molecular complexity index is 350. The Morgan fingerprint density at radius 1 is 1.29 bits per heavy atom. The van der Waals surface area contributed by atoms with Crippen LogP contribution in [0.25, 0.3) is 0 Å². The number of Topliss-reactive ketones (excluding diaryl/α,β-unsaturated/α-hetero) is 1. The molecule has 0 radical (unpaired) electrons. The first-order valence-electron chi connectivity index (χ1n) is 6.07. The average Bonchev–Trinajstić information content (AvgIpc) is 2.32. The molecule has 0 aliphatic carbocycles. The summed E-state index contributed by atoms with van der Waals surface area (Å²) in [6.45, 7) is 2.80. The number of unbranched alkanes of at least 4 members (excludes halogenated alkanes) is 2. The highest BCUT2D eigenvalue weighted by Crippen LogP contribution is 2.07. The first-order valence-corrected chi connectivity index (χ1v) is 6.07. The molecule has 1 rings (SSSR count). The number of ketones is 1. The minimum Gasteiger partial charge on any atom is -0.374 e. The van der Waals surface area contributed by atoms with E-state index in [1.54, 1.807) is 18.2 Å². The number of ether oxygens (including phenoxy) is 1. The molecule has 0 bridgehead atoms. The zero-order chi connectivity index (χ0) is 12.5. The van der Waals surface area contributed by atoms with E-state index in [-0.39, 0.29) is 24.6 Å². The van der Waals surface area contributed by atoms with Crippen LogP contribution in [0.2, 0.25) is 0 Å². The van der Waals surface area contributed by atoms with Crippen LogP contribution in [0, 0.1) is 5.82 Å². The number of halogens is 1. The summed E-state index contributed by atoms with van der Waals surface area (Å²) in [4.78, 5) is 11.5. The molecule has 0 aliphatic rings. The van der Waals surface area contributed by atoms with Gasteiger partial charge in [0.25, 0.3) is 0 Å². The third-order valence-corrected chi connectivity index (χ3v) is 2.50. The van der Waals surface area contributed by atoms with E-state index in [1.165, 1.54) is 6.07 Å². The maximum atomic E-state index is 13.2. The molecule has 3 heteroatoms. The molecule has 0 fully saturated rings. The summed E-state index contributed by atoms with van der Waals surface area (Å²) in [7, 11) is 0. The Labute approximate surface area is 102 Å². The first-order chi connectivity index (χ1) is 8.24. The Morgan fingerprint density at radius 2 is 2.06 bits per heavy atom. The molecule has 2 nitrogen and oxygen atoms in total. The van der Waals surface area contributed by atoms with Gasteiger partial charge in [-0.3, -0.25) is 4.79 Å². The highest BCUT2D eigenvalue weighted by atomic mass is 19.1. The second-order valence-electron chi connectivity index (χ2n) is 4.07. The fourth-order valence-corrected chi connectivity index (χ4v) is 1.55. The van der Waals surface area contributed by atoms with Crippen molar-refractivity contribution in [2.45, 2.75) is 32.6 Å². The maximum Gasteiger partial charge on any atom is 0.162 e. The first kappa shape index (κ1) is 13.8. The van der Waals surface area contributed by atoms with E-state index >= 15 is 0 Å². The van der Waals surface area contributed by atoms with E-state index in [2.05, 4.69) is 6.92 Å². The molecule has 0 unspecified atom stereocenters. The third-order valence-electron chi connectivity index (χ3n) is 2.50. The lowest BCUT2D eigenvalue weighted by molar-refractivity contribution is -0.123. The fourth-order valence-electron chi connectivity index (χ4n) is 1.55. The average molecular weight is 238 g/mol. The number of carbonyl (C=O) groups excluding carboxylic acids is 1. The predicted molar refractivity (Wildman–Crippen MR) is 65.5 cm³/mol. The van der Waals surface area contributed by atoms with Gasteiger partial charge in [0.1, 0.15) is 12.4 Å². The summed E-state index contributed by atoms with van der Waals surface area (Å²) in [5, 5.41) is 0. The van der Waals surface area contributed by atoms with Crippen molar-refractivity contribution in [1.82, 2.24) is 0 Å². The standard InChI is InChI=1S/C14H19FO2/c1-2-3-6-9-17-11-13(16)10-12-7-4-5-8-14(12)15/h4-5,7-8H,2-3,6,9-11H2,1H3. The van der Waals surface area contributed by atoms with E-state index in [9.17, 15) is 9.18 Å². The second-order valence-corrected chi connectivity index (χ2v) is 4.07. The minimum atomic E-state index is -0.327. The number of benzene rings is 1. The molecule has 1 aromatic carbocycles. The second kappa shape index (κ2) is 7.96. The van der Waals surface area contributed by atoms with Crippen LogP contribution < -0.4 is 0 Å². The van der Waals surface area contributed by atoms with Crippen LogP contribution in [0.1, 0.15) is 31.7 Å². The molecule has 0 saturated carbocycles. The third kappa shape index (κ3) is 5.59. The van der Waals surface area contributed by atoms with Gasteiger partial charge in [-0.15, -0.1) is 0 Å². The normalized spacial score (nSPS) is 10.5. The smallest absolute Gasteiger partial charge is 0.162 e. The summed E-state index contributed by atoms with van der Waals surface area (Å²) < 4.78 is 18.5. The predicted octanol–water partition coefficient (Wildman–Crippen LogP) is 3.14. The Hall–Kier alpha value is -1.22. The fraction of sp³-hybridized carbons (Fsp3) is 0.500. The van der Waals surface area contributed by atoms with Gasteiger partial charge >= 0.3 is 0 Å². The SMILES string of the molecule is CCCCCOCC(=O)Cc1ccccc1F. The molecule has 0 heterocycles. The molecule has 94 valence electrons. The van der Waals surface area contributed by atoms with Gasteiger partial charge < -0.3 is 4.74 Å². The van der Waals surface area contributed by atoms with Crippen LogP contribution in [0.15, 0.2) is 24.3 Å². The van der Waals surface area contributed by atoms with Crippen LogP contribution in [-0.2, 0) is 16.0 Å². The van der Waals surface area contributed by atoms with Crippen LogP contribution >= 0.6 is 0 Å². The van der Waals surface area contributed by atoms with Crippen molar-refractivity contribution in [3.05, 3.63) is 35.6 Å². The van der Waals surface area contributed by atoms with Gasteiger partial charge in [0.15, 0.2) is 5.78 Å². The Balaban J connectivity index is 2.23. The lowest BCUT2D eigenvalue weighted by Crippen LogP contribution is -2.13. The number of carbonyl (C=O) groups is 1. The molecule has 17 heavy (non-hydrogen) atoms. The van der Waals surface area contributed by atoms with Crippen LogP contribution in [0.3, 0.4) is 0 Å². The Morgan fingerprint density at radius 3 is 2.76 bits per heavy atom. The van der Waals surface area contributed by atoms with E-state index in [4.69, 9.17) is 4.74 Å². The molecule has 0 amide bonds. The minimum absolute atomic E-state index is 0.0772. The zero-order valence-electron chi connectivity index (χ0n) is 10.2. The quantitative estimate of drug-likeness (QED) is 0.650. The van der Waals surface area contributed by atoms with Gasteiger partial charge in [-0.05, 0) is 18.1 Å². The number of hydrogen-bond donors (Lipinski definition) is 0. The van der Waals surface area contributed by atoms with Crippen molar-refractivity contribution in [3.63, 3.8) is 0 Å². The van der Waals surface area contributed by atoms with Crippen molar-refractivity contribution in [1.29, 1.82) is 0 Å². The summed E-state index contributed by atoms with van der Waals surface area (Å²) >= 11 is 0. The van der Waals surface area contributed by atoms with Gasteiger partial charge in [-0.25, -0.2) is 4.39 Å². The number of hydrogen-bond acceptors (Lipinski definition) is 2. The molecule has 0 aliphatic heterocycles. The highest BCUT2D eigenvalue weighted by Gasteiger charge is 2.07. The van der Waals surface area contributed by atoms with Crippen molar-refractivity contribution in [2.75, 3.05) is 13.2 Å². The van der Waals surface area contributed by atoms with Crippen molar-refractivity contribution in [3.8, 4) is 0 Å². The summed E-state index contributed by atoms with van der Waals surface area (Å²) in [6, 6.07) is 6.34. The zero-order valence-corrected chi connectivity index (χ0v) is 10.2. The Kier molecular flexibility index (Phi) is 6.48. The summed E-state index contributed by atoms with van der Waals surface area (Å²) in [5.41, 5.74) is 0.439. The van der Waals surface area contributed by atoms with Gasteiger partial charge in [0, 0.05) is 13.0 Å². The van der Waals surface area contributed by atoms with Crippen molar-refractivity contribution >= 4 is 5.78 Å². The van der Waals surface area contributed by atoms with E-state index in [0.717, 1.165) is 19.3 Å². The highest BCUT2D eigenvalue weighted by molar-refractivity contribution is 5.82. The van der Waals surface area contributed by atoms with Gasteiger partial charge in [-0.2, -0.15) is 0 Å². The molecule has 0 atom stereocenters. The van der Waals surface area contributed by atoms with Crippen LogP contribution in [-0.4, -0.2) is 19.0 Å². The lowest BCUT2D eigenvalue weighted by Gasteiger charge is -2.04. The van der Waals surface area contributed by atoms with Crippen molar-refractivity contribution < 1.29 is 13.9 Å². The summed E-state index contributed by atoms with van der Waals surface area (Å²) in [6.07, 6.45) is 3.33. The molecule has 0 N–H and O–H groups in total. The molecule has 1 aromatic rings. The van der Waals surface area contributed by atoms with Crippen LogP contribution in [0.4, 0.5) is 4.39 Å². The molecule has 0 saturated heterocycles. The molecular formula is C14H19FO2. The van der Waals surface area contributed by atoms with E-state index in [0.29, 0.717) is 12.2 Å². The maximum absolute atomic E-state index is 13.2. The topological polar surface area (TPSA) is 26.3 Å². The molecule has 0 spiro atoms. The summed E-state index contributed by atoms with van der Waals surface area (Å²) in [5.74, 6) is -0.404. The largest absolute Gasteiger partial charge is 0.374 e. The molecular weight excluding hydrogens is 219 g/mol. The van der Waals surface area contributed by atoms with Gasteiger partial charge in [0.05, 0.1) is 0 Å². The number of rotatable bonds is 8. The molecule has 0 aromatic heterocycles. The van der Waals surface area contributed by atoms with Crippen molar-refractivity contribution in [2.24, 2.45) is 0 Å². The van der Waals surface area contributed by atoms with Gasteiger partial charge in [0.2, 0.25) is 0 Å². The lowest BCUT2D eigenvalue weighted by atomic mass is 10.1. The van der Waals surface area contributed by atoms with Crippen LogP contribution in [0.5, 0.6) is 0 Å². The van der Waals surface area contributed by atoms with Gasteiger partial charge in [-0.1, -0.05) is 38.0 Å². The van der Waals surface area contributed by atoms with E-state index < -0.39 is 0 Å². The van der Waals surface area contributed by atoms with E-state index in [1.807, 2.05) is 0 Å².